The topological polar surface area (TPSA) is 16.4 Å². The third-order valence-electron chi connectivity index (χ3n) is 10.9. The predicted molar refractivity (Wildman–Crippen MR) is 214 cm³/mol. The molecule has 0 aliphatic heterocycles. The molecule has 1 aliphatic carbocycles. The van der Waals surface area contributed by atoms with Crippen molar-refractivity contribution in [3.63, 3.8) is 0 Å². The fraction of sp³-hybridized carbons (Fsp3) is 0.0612. The Bertz CT molecular complexity index is 2760. The van der Waals surface area contributed by atoms with E-state index in [0.717, 1.165) is 44.6 Å². The highest BCUT2D eigenvalue weighted by molar-refractivity contribution is 6.25. The van der Waals surface area contributed by atoms with E-state index in [4.69, 9.17) is 4.42 Å². The van der Waals surface area contributed by atoms with Gasteiger partial charge in [-0.1, -0.05) is 153 Å². The monoisotopic (exact) mass is 653 g/mol. The SMILES string of the molecule is CC1(C)c2ccccc2-c2ccc(N(c3ccc(-c4ccccc4)cc3)c3ccc(-c4ccccc4)c4c3oc3ccc5ccccc5c34)cc21. The Kier molecular flexibility index (Phi) is 6.56. The lowest BCUT2D eigenvalue weighted by molar-refractivity contribution is 0.660. The summed E-state index contributed by atoms with van der Waals surface area (Å²) in [6.07, 6.45) is 0. The quantitative estimate of drug-likeness (QED) is 0.184. The van der Waals surface area contributed by atoms with Crippen molar-refractivity contribution in [3.8, 4) is 33.4 Å². The van der Waals surface area contributed by atoms with Gasteiger partial charge in [0.2, 0.25) is 0 Å². The average Bonchev–Trinajstić information content (AvgIpc) is 3.69. The summed E-state index contributed by atoms with van der Waals surface area (Å²) in [6.45, 7) is 4.69. The lowest BCUT2D eigenvalue weighted by Crippen LogP contribution is -2.16. The highest BCUT2D eigenvalue weighted by Crippen LogP contribution is 2.52. The number of hydrogen-bond acceptors (Lipinski definition) is 2. The van der Waals surface area contributed by atoms with Gasteiger partial charge in [-0.15, -0.1) is 0 Å². The fourth-order valence-corrected chi connectivity index (χ4v) is 8.35. The van der Waals surface area contributed by atoms with Crippen molar-refractivity contribution in [2.45, 2.75) is 19.3 Å². The molecule has 51 heavy (non-hydrogen) atoms. The van der Waals surface area contributed by atoms with Gasteiger partial charge in [-0.05, 0) is 91.7 Å². The molecule has 0 fully saturated rings. The third-order valence-corrected chi connectivity index (χ3v) is 10.9. The molecule has 2 heteroatoms. The van der Waals surface area contributed by atoms with Crippen molar-refractivity contribution in [2.24, 2.45) is 0 Å². The van der Waals surface area contributed by atoms with Crippen LogP contribution < -0.4 is 4.90 Å². The van der Waals surface area contributed by atoms with Gasteiger partial charge >= 0.3 is 0 Å². The van der Waals surface area contributed by atoms with Crippen molar-refractivity contribution < 1.29 is 4.42 Å². The molecule has 0 amide bonds. The van der Waals surface area contributed by atoms with Crippen LogP contribution >= 0.6 is 0 Å². The number of nitrogens with zero attached hydrogens (tertiary/aromatic N) is 1. The Morgan fingerprint density at radius 1 is 0.451 bits per heavy atom. The van der Waals surface area contributed by atoms with Crippen LogP contribution in [0, 0.1) is 0 Å². The number of fused-ring (bicyclic) bond motifs is 8. The molecular formula is C49H35NO. The standard InChI is InChI=1S/C49H35NO/c1-49(2)42-20-12-11-19-40(42)41-27-26-37(31-43(41)49)50(36-24-21-33(22-25-36)32-13-5-3-6-14-32)44-29-28-39(34-15-7-4-8-16-34)47-46-38-18-10-9-17-35(38)23-30-45(46)51-48(44)47/h3-31H,1-2H3. The zero-order valence-corrected chi connectivity index (χ0v) is 28.6. The van der Waals surface area contributed by atoms with E-state index >= 15 is 0 Å². The first-order chi connectivity index (χ1) is 25.1. The molecule has 1 heterocycles. The van der Waals surface area contributed by atoms with Gasteiger partial charge in [0, 0.05) is 27.6 Å². The maximum atomic E-state index is 7.01. The Morgan fingerprint density at radius 3 is 1.88 bits per heavy atom. The van der Waals surface area contributed by atoms with Gasteiger partial charge in [0.15, 0.2) is 5.58 Å². The normalized spacial score (nSPS) is 13.1. The third kappa shape index (κ3) is 4.57. The summed E-state index contributed by atoms with van der Waals surface area (Å²) in [5, 5.41) is 4.67. The van der Waals surface area contributed by atoms with Gasteiger partial charge in [-0.2, -0.15) is 0 Å². The second-order valence-electron chi connectivity index (χ2n) is 14.1. The highest BCUT2D eigenvalue weighted by Gasteiger charge is 2.36. The first-order valence-electron chi connectivity index (χ1n) is 17.7. The van der Waals surface area contributed by atoms with Crippen LogP contribution in [0.5, 0.6) is 0 Å². The van der Waals surface area contributed by atoms with Gasteiger partial charge in [-0.25, -0.2) is 0 Å². The molecule has 10 rings (SSSR count). The van der Waals surface area contributed by atoms with Gasteiger partial charge < -0.3 is 9.32 Å². The van der Waals surface area contributed by atoms with Crippen LogP contribution in [0.25, 0.3) is 66.1 Å². The Hall–Kier alpha value is -6.38. The maximum absolute atomic E-state index is 7.01. The zero-order chi connectivity index (χ0) is 34.1. The Morgan fingerprint density at radius 2 is 1.08 bits per heavy atom. The van der Waals surface area contributed by atoms with Crippen molar-refractivity contribution in [1.82, 2.24) is 0 Å². The molecule has 0 spiro atoms. The van der Waals surface area contributed by atoms with Gasteiger partial charge in [-0.3, -0.25) is 0 Å². The molecule has 1 aliphatic rings. The van der Waals surface area contributed by atoms with Crippen LogP contribution in [-0.2, 0) is 5.41 Å². The lowest BCUT2D eigenvalue weighted by atomic mass is 9.82. The number of hydrogen-bond donors (Lipinski definition) is 0. The second kappa shape index (κ2) is 11.3. The largest absolute Gasteiger partial charge is 0.454 e. The van der Waals surface area contributed by atoms with Crippen LogP contribution in [0.1, 0.15) is 25.0 Å². The van der Waals surface area contributed by atoms with E-state index in [1.807, 2.05) is 0 Å². The zero-order valence-electron chi connectivity index (χ0n) is 28.6. The van der Waals surface area contributed by atoms with Gasteiger partial charge in [0.25, 0.3) is 0 Å². The molecule has 0 radical (unpaired) electrons. The van der Waals surface area contributed by atoms with Crippen LogP contribution in [0.3, 0.4) is 0 Å². The minimum absolute atomic E-state index is 0.129. The van der Waals surface area contributed by atoms with E-state index in [1.54, 1.807) is 0 Å². The summed E-state index contributed by atoms with van der Waals surface area (Å²) < 4.78 is 7.01. The molecule has 0 atom stereocenters. The molecule has 1 aromatic heterocycles. The fourth-order valence-electron chi connectivity index (χ4n) is 8.35. The maximum Gasteiger partial charge on any atom is 0.160 e. The molecule has 0 unspecified atom stereocenters. The predicted octanol–water partition coefficient (Wildman–Crippen LogP) is 13.8. The van der Waals surface area contributed by atoms with E-state index < -0.39 is 0 Å². The molecule has 242 valence electrons. The summed E-state index contributed by atoms with van der Waals surface area (Å²) >= 11 is 0. The summed E-state index contributed by atoms with van der Waals surface area (Å²) in [7, 11) is 0. The van der Waals surface area contributed by atoms with Crippen molar-refractivity contribution in [2.75, 3.05) is 4.90 Å². The Labute approximate surface area is 297 Å². The summed E-state index contributed by atoms with van der Waals surface area (Å²) in [4.78, 5) is 2.38. The Balaban J connectivity index is 1.26. The minimum Gasteiger partial charge on any atom is -0.454 e. The molecule has 2 nitrogen and oxygen atoms in total. The van der Waals surface area contributed by atoms with E-state index in [9.17, 15) is 0 Å². The van der Waals surface area contributed by atoms with Crippen molar-refractivity contribution in [1.29, 1.82) is 0 Å². The summed E-state index contributed by atoms with van der Waals surface area (Å²) in [5.41, 5.74) is 14.8. The molecule has 0 bridgehead atoms. The second-order valence-corrected chi connectivity index (χ2v) is 14.1. The van der Waals surface area contributed by atoms with Crippen LogP contribution in [0.15, 0.2) is 180 Å². The first-order valence-corrected chi connectivity index (χ1v) is 17.7. The molecule has 9 aromatic rings. The van der Waals surface area contributed by atoms with Crippen LogP contribution in [0.2, 0.25) is 0 Å². The van der Waals surface area contributed by atoms with E-state index in [-0.39, 0.29) is 5.41 Å². The highest BCUT2D eigenvalue weighted by atomic mass is 16.3. The molecule has 0 N–H and O–H groups in total. The molecule has 0 saturated heterocycles. The molecule has 0 saturated carbocycles. The molecular weight excluding hydrogens is 619 g/mol. The number of benzene rings is 8. The van der Waals surface area contributed by atoms with E-state index in [2.05, 4.69) is 195 Å². The number of anilines is 3. The lowest BCUT2D eigenvalue weighted by Gasteiger charge is -2.28. The van der Waals surface area contributed by atoms with E-state index in [0.29, 0.717) is 0 Å². The number of furan rings is 1. The van der Waals surface area contributed by atoms with Crippen molar-refractivity contribution in [3.05, 3.63) is 187 Å². The van der Waals surface area contributed by atoms with Gasteiger partial charge in [0.05, 0.1) is 5.69 Å². The van der Waals surface area contributed by atoms with Crippen LogP contribution in [-0.4, -0.2) is 0 Å². The summed E-state index contributed by atoms with van der Waals surface area (Å²) in [6, 6.07) is 63.5. The van der Waals surface area contributed by atoms with Crippen LogP contribution in [0.4, 0.5) is 17.1 Å². The first kappa shape index (κ1) is 29.5. The minimum atomic E-state index is -0.129. The van der Waals surface area contributed by atoms with Crippen molar-refractivity contribution >= 4 is 49.8 Å². The van der Waals surface area contributed by atoms with Gasteiger partial charge in [0.1, 0.15) is 5.58 Å². The average molecular weight is 654 g/mol. The summed E-state index contributed by atoms with van der Waals surface area (Å²) in [5.74, 6) is 0. The molecule has 8 aromatic carbocycles. The smallest absolute Gasteiger partial charge is 0.160 e. The number of rotatable bonds is 5. The van der Waals surface area contributed by atoms with E-state index in [1.165, 1.54) is 49.7 Å².